The lowest BCUT2D eigenvalue weighted by atomic mass is 10.2. The maximum atomic E-state index is 11.8. The summed E-state index contributed by atoms with van der Waals surface area (Å²) in [5.74, 6) is -0.397. The van der Waals surface area contributed by atoms with Crippen molar-refractivity contribution in [2.75, 3.05) is 31.6 Å². The summed E-state index contributed by atoms with van der Waals surface area (Å²) in [4.78, 5) is 11.8. The molecule has 1 rings (SSSR count). The van der Waals surface area contributed by atoms with Crippen molar-refractivity contribution >= 4 is 11.7 Å². The summed E-state index contributed by atoms with van der Waals surface area (Å²) in [5, 5.41) is 15.0. The standard InChI is InChI=1S/C16H26N2O3.ClH/c1-3-9-17-11-15(19)12-21-16(20)13-5-7-14(8-6-13)18-10-4-2;/h5-8,15,17-19H,3-4,9-12H2,1-2H3;1H. The minimum absolute atomic E-state index is 0. The molecule has 0 saturated carbocycles. The smallest absolute Gasteiger partial charge is 0.338 e. The first-order valence-electron chi connectivity index (χ1n) is 7.68. The van der Waals surface area contributed by atoms with E-state index < -0.39 is 12.1 Å². The van der Waals surface area contributed by atoms with Crippen LogP contribution in [-0.4, -0.2) is 43.4 Å². The molecule has 0 heterocycles. The number of hydrogen-bond donors (Lipinski definition) is 3. The number of aliphatic hydroxyl groups excluding tert-OH is 1. The van der Waals surface area contributed by atoms with Gasteiger partial charge < -0.3 is 32.9 Å². The van der Waals surface area contributed by atoms with Crippen LogP contribution >= 0.6 is 0 Å². The predicted octanol–water partition coefficient (Wildman–Crippen LogP) is -2.00. The lowest BCUT2D eigenvalue weighted by molar-refractivity contribution is -0.661. The average molecular weight is 331 g/mol. The van der Waals surface area contributed by atoms with Crippen molar-refractivity contribution in [2.24, 2.45) is 0 Å². The van der Waals surface area contributed by atoms with Crippen LogP contribution in [0.25, 0.3) is 0 Å². The van der Waals surface area contributed by atoms with E-state index in [4.69, 9.17) is 4.74 Å². The molecular weight excluding hydrogens is 304 g/mol. The van der Waals surface area contributed by atoms with Crippen LogP contribution in [0.1, 0.15) is 37.0 Å². The minimum atomic E-state index is -0.619. The molecule has 6 heteroatoms. The van der Waals surface area contributed by atoms with Gasteiger partial charge in [0.1, 0.15) is 19.3 Å². The van der Waals surface area contributed by atoms with Gasteiger partial charge in [0.15, 0.2) is 0 Å². The number of esters is 1. The normalized spacial score (nSPS) is 11.4. The van der Waals surface area contributed by atoms with Gasteiger partial charge in [-0.15, -0.1) is 0 Å². The van der Waals surface area contributed by atoms with Crippen LogP contribution in [0.2, 0.25) is 0 Å². The van der Waals surface area contributed by atoms with Crippen LogP contribution in [0.4, 0.5) is 5.69 Å². The fraction of sp³-hybridized carbons (Fsp3) is 0.562. The number of quaternary nitrogens is 1. The first kappa shape index (κ1) is 20.7. The molecule has 126 valence electrons. The zero-order valence-electron chi connectivity index (χ0n) is 13.3. The van der Waals surface area contributed by atoms with E-state index in [2.05, 4.69) is 19.2 Å². The molecule has 1 aromatic rings. The van der Waals surface area contributed by atoms with E-state index in [0.717, 1.165) is 31.6 Å². The molecule has 0 bridgehead atoms. The molecule has 0 fully saturated rings. The Bertz CT molecular complexity index is 412. The number of halogens is 1. The molecule has 0 aliphatic rings. The Morgan fingerprint density at radius 1 is 1.27 bits per heavy atom. The van der Waals surface area contributed by atoms with Gasteiger partial charge in [-0.2, -0.15) is 0 Å². The van der Waals surface area contributed by atoms with E-state index >= 15 is 0 Å². The zero-order chi connectivity index (χ0) is 15.5. The molecule has 1 unspecified atom stereocenters. The number of nitrogens with one attached hydrogen (secondary N) is 1. The van der Waals surface area contributed by atoms with E-state index in [9.17, 15) is 9.90 Å². The molecule has 1 atom stereocenters. The Kier molecular flexibility index (Phi) is 11.5. The Balaban J connectivity index is 0.00000441. The number of anilines is 1. The highest BCUT2D eigenvalue weighted by atomic mass is 35.5. The molecule has 0 saturated heterocycles. The monoisotopic (exact) mass is 330 g/mol. The van der Waals surface area contributed by atoms with Gasteiger partial charge in [-0.1, -0.05) is 13.8 Å². The molecule has 0 aromatic heterocycles. The second-order valence-corrected chi connectivity index (χ2v) is 5.07. The summed E-state index contributed by atoms with van der Waals surface area (Å²) in [5.41, 5.74) is 1.49. The molecule has 0 amide bonds. The number of nitrogens with two attached hydrogens (primary N) is 1. The van der Waals surface area contributed by atoms with E-state index in [-0.39, 0.29) is 19.0 Å². The maximum Gasteiger partial charge on any atom is 0.338 e. The summed E-state index contributed by atoms with van der Waals surface area (Å²) < 4.78 is 5.11. The molecule has 0 aliphatic heterocycles. The fourth-order valence-corrected chi connectivity index (χ4v) is 1.83. The molecular formula is C16H27ClN2O3. The van der Waals surface area contributed by atoms with Crippen LogP contribution in [0.3, 0.4) is 0 Å². The van der Waals surface area contributed by atoms with Crippen molar-refractivity contribution in [3.63, 3.8) is 0 Å². The van der Waals surface area contributed by atoms with Gasteiger partial charge in [0.05, 0.1) is 12.1 Å². The third-order valence-corrected chi connectivity index (χ3v) is 3.04. The number of rotatable bonds is 10. The number of ether oxygens (including phenoxy) is 1. The predicted molar refractivity (Wildman–Crippen MR) is 83.5 cm³/mol. The van der Waals surface area contributed by atoms with Gasteiger partial charge in [-0.05, 0) is 37.1 Å². The Morgan fingerprint density at radius 3 is 2.55 bits per heavy atom. The Labute approximate surface area is 138 Å². The van der Waals surface area contributed by atoms with E-state index in [1.165, 1.54) is 0 Å². The summed E-state index contributed by atoms with van der Waals surface area (Å²) >= 11 is 0. The first-order valence-corrected chi connectivity index (χ1v) is 7.68. The Hall–Kier alpha value is -1.30. The molecule has 1 aromatic carbocycles. The van der Waals surface area contributed by atoms with Gasteiger partial charge in [0.2, 0.25) is 0 Å². The van der Waals surface area contributed by atoms with Gasteiger partial charge in [-0.25, -0.2) is 4.79 Å². The Morgan fingerprint density at radius 2 is 1.95 bits per heavy atom. The summed E-state index contributed by atoms with van der Waals surface area (Å²) in [7, 11) is 0. The SMILES string of the molecule is CCCNc1ccc(C(=O)OCC(O)C[NH2+]CCC)cc1.[Cl-]. The first-order chi connectivity index (χ1) is 10.2. The number of aliphatic hydroxyl groups is 1. The second kappa shape index (κ2) is 12.3. The lowest BCUT2D eigenvalue weighted by Gasteiger charge is -2.10. The van der Waals surface area contributed by atoms with E-state index in [1.54, 1.807) is 12.1 Å². The molecule has 0 spiro atoms. The third-order valence-electron chi connectivity index (χ3n) is 3.04. The maximum absolute atomic E-state index is 11.8. The summed E-state index contributed by atoms with van der Waals surface area (Å²) in [6, 6.07) is 7.18. The summed E-state index contributed by atoms with van der Waals surface area (Å²) in [6.07, 6.45) is 1.49. The molecule has 0 radical (unpaired) electrons. The van der Waals surface area contributed by atoms with E-state index in [1.807, 2.05) is 17.4 Å². The minimum Gasteiger partial charge on any atom is -1.00 e. The largest absolute Gasteiger partial charge is 1.00 e. The molecule has 4 N–H and O–H groups in total. The second-order valence-electron chi connectivity index (χ2n) is 5.07. The molecule has 5 nitrogen and oxygen atoms in total. The van der Waals surface area contributed by atoms with Crippen molar-refractivity contribution < 1.29 is 32.4 Å². The highest BCUT2D eigenvalue weighted by molar-refractivity contribution is 5.89. The highest BCUT2D eigenvalue weighted by Crippen LogP contribution is 2.10. The van der Waals surface area contributed by atoms with Crippen LogP contribution in [0.5, 0.6) is 0 Å². The third kappa shape index (κ3) is 8.22. The van der Waals surface area contributed by atoms with E-state index in [0.29, 0.717) is 12.1 Å². The van der Waals surface area contributed by atoms with Gasteiger partial charge in [-0.3, -0.25) is 0 Å². The quantitative estimate of drug-likeness (QED) is 0.343. The van der Waals surface area contributed by atoms with Crippen LogP contribution < -0.4 is 23.0 Å². The number of benzene rings is 1. The highest BCUT2D eigenvalue weighted by Gasteiger charge is 2.12. The average Bonchev–Trinajstić information content (AvgIpc) is 2.51. The van der Waals surface area contributed by atoms with Gasteiger partial charge in [0, 0.05) is 12.2 Å². The fourth-order valence-electron chi connectivity index (χ4n) is 1.83. The molecule has 22 heavy (non-hydrogen) atoms. The molecule has 0 aliphatic carbocycles. The van der Waals surface area contributed by atoms with Crippen LogP contribution in [-0.2, 0) is 4.74 Å². The number of hydrogen-bond acceptors (Lipinski definition) is 4. The van der Waals surface area contributed by atoms with Gasteiger partial charge in [0.25, 0.3) is 0 Å². The van der Waals surface area contributed by atoms with Crippen LogP contribution in [0, 0.1) is 0 Å². The number of carbonyl (C=O) groups excluding carboxylic acids is 1. The topological polar surface area (TPSA) is 75.2 Å². The van der Waals surface area contributed by atoms with Crippen molar-refractivity contribution in [3.8, 4) is 0 Å². The summed E-state index contributed by atoms with van der Waals surface area (Å²) in [6.45, 7) is 6.65. The van der Waals surface area contributed by atoms with Crippen molar-refractivity contribution in [2.45, 2.75) is 32.8 Å². The zero-order valence-corrected chi connectivity index (χ0v) is 14.1. The number of carbonyl (C=O) groups is 1. The lowest BCUT2D eigenvalue weighted by Crippen LogP contribution is -3.00. The van der Waals surface area contributed by atoms with Crippen molar-refractivity contribution in [1.82, 2.24) is 0 Å². The van der Waals surface area contributed by atoms with Gasteiger partial charge >= 0.3 is 5.97 Å². The van der Waals surface area contributed by atoms with Crippen molar-refractivity contribution in [3.05, 3.63) is 29.8 Å². The van der Waals surface area contributed by atoms with Crippen molar-refractivity contribution in [1.29, 1.82) is 0 Å². The van der Waals surface area contributed by atoms with Crippen LogP contribution in [0.15, 0.2) is 24.3 Å².